The number of likely N-dealkylation sites (tertiary alicyclic amines) is 1. The molecule has 10 nitrogen and oxygen atoms in total. The number of nitrogens with one attached hydrogen (secondary N) is 1. The number of amides is 4. The largest absolute Gasteiger partial charge is 0.493 e. The SMILES string of the molecule is COc1ccc2c(c1OC)C(=O)N1c3ccccc3C(=O)N(CC(=O)NCCN3CCCC3=O)[C@H]21. The first-order valence-electron chi connectivity index (χ1n) is 11.5. The summed E-state index contributed by atoms with van der Waals surface area (Å²) in [6.07, 6.45) is 0.563. The number of carbonyl (C=O) groups is 4. The number of nitrogens with zero attached hydrogens (tertiary/aromatic N) is 3. The highest BCUT2D eigenvalue weighted by molar-refractivity contribution is 6.18. The van der Waals surface area contributed by atoms with E-state index in [2.05, 4.69) is 5.32 Å². The molecule has 0 unspecified atom stereocenters. The van der Waals surface area contributed by atoms with E-state index in [1.165, 1.54) is 24.0 Å². The quantitative estimate of drug-likeness (QED) is 0.647. The Kier molecular flexibility index (Phi) is 5.80. The predicted molar refractivity (Wildman–Crippen MR) is 125 cm³/mol. The van der Waals surface area contributed by atoms with Crippen molar-refractivity contribution in [3.8, 4) is 11.5 Å². The molecule has 2 aromatic rings. The fourth-order valence-corrected chi connectivity index (χ4v) is 5.07. The topological polar surface area (TPSA) is 108 Å². The highest BCUT2D eigenvalue weighted by Crippen LogP contribution is 2.49. The lowest BCUT2D eigenvalue weighted by Crippen LogP contribution is -2.51. The van der Waals surface area contributed by atoms with Crippen molar-refractivity contribution in [2.24, 2.45) is 0 Å². The van der Waals surface area contributed by atoms with Gasteiger partial charge >= 0.3 is 0 Å². The molecule has 35 heavy (non-hydrogen) atoms. The Morgan fingerprint density at radius 2 is 1.86 bits per heavy atom. The molecule has 3 aliphatic rings. The van der Waals surface area contributed by atoms with Crippen molar-refractivity contribution >= 4 is 29.3 Å². The number of fused-ring (bicyclic) bond motifs is 5. The van der Waals surface area contributed by atoms with E-state index in [1.807, 2.05) is 0 Å². The molecule has 0 bridgehead atoms. The average Bonchev–Trinajstić information content (AvgIpc) is 3.41. The maximum absolute atomic E-state index is 13.6. The van der Waals surface area contributed by atoms with Crippen LogP contribution < -0.4 is 19.7 Å². The molecular formula is C25H26N4O6. The standard InChI is InChI=1S/C25H26N4O6/c1-34-18-10-9-16-21(22(18)35-2)25(33)29-17-7-4-3-6-15(17)24(32)28(23(16)29)14-19(30)26-11-13-27-12-5-8-20(27)31/h3-4,6-7,9-10,23H,5,8,11-14H2,1-2H3,(H,26,30)/t23-/m0/s1. The molecule has 1 fully saturated rings. The molecule has 0 radical (unpaired) electrons. The van der Waals surface area contributed by atoms with E-state index in [1.54, 1.807) is 41.3 Å². The van der Waals surface area contributed by atoms with Crippen LogP contribution in [0.3, 0.4) is 0 Å². The zero-order valence-corrected chi connectivity index (χ0v) is 19.6. The molecule has 0 spiro atoms. The normalized spacial score (nSPS) is 18.4. The second-order valence-electron chi connectivity index (χ2n) is 8.60. The molecule has 0 aliphatic carbocycles. The third kappa shape index (κ3) is 3.65. The van der Waals surface area contributed by atoms with Crippen molar-refractivity contribution in [3.05, 3.63) is 53.1 Å². The lowest BCUT2D eigenvalue weighted by Gasteiger charge is -2.40. The molecule has 1 atom stereocenters. The molecule has 4 amide bonds. The van der Waals surface area contributed by atoms with Crippen molar-refractivity contribution < 1.29 is 28.7 Å². The van der Waals surface area contributed by atoms with E-state index in [4.69, 9.17) is 9.47 Å². The Morgan fingerprint density at radius 1 is 1.06 bits per heavy atom. The number of hydrogen-bond acceptors (Lipinski definition) is 6. The Balaban J connectivity index is 1.46. The lowest BCUT2D eigenvalue weighted by atomic mass is 10.0. The predicted octanol–water partition coefficient (Wildman–Crippen LogP) is 1.56. The molecule has 5 rings (SSSR count). The van der Waals surface area contributed by atoms with Crippen molar-refractivity contribution in [3.63, 3.8) is 0 Å². The Bertz CT molecular complexity index is 1230. The second-order valence-corrected chi connectivity index (χ2v) is 8.60. The van der Waals surface area contributed by atoms with Gasteiger partial charge in [0.2, 0.25) is 11.8 Å². The van der Waals surface area contributed by atoms with Crippen LogP contribution in [-0.4, -0.2) is 73.8 Å². The minimum atomic E-state index is -0.800. The van der Waals surface area contributed by atoms with E-state index in [0.717, 1.165) is 6.42 Å². The van der Waals surface area contributed by atoms with Crippen LogP contribution in [0.4, 0.5) is 5.69 Å². The van der Waals surface area contributed by atoms with Gasteiger partial charge in [-0.25, -0.2) is 0 Å². The Morgan fingerprint density at radius 3 is 2.57 bits per heavy atom. The monoisotopic (exact) mass is 478 g/mol. The van der Waals surface area contributed by atoms with Crippen LogP contribution in [0.2, 0.25) is 0 Å². The molecule has 0 saturated carbocycles. The Hall–Kier alpha value is -4.08. The van der Waals surface area contributed by atoms with Crippen molar-refractivity contribution in [2.75, 3.05) is 45.3 Å². The number of methoxy groups -OCH3 is 2. The van der Waals surface area contributed by atoms with Gasteiger partial charge in [0.1, 0.15) is 12.7 Å². The van der Waals surface area contributed by atoms with Crippen molar-refractivity contribution in [2.45, 2.75) is 19.0 Å². The number of anilines is 1. The van der Waals surface area contributed by atoms with Crippen LogP contribution in [0, 0.1) is 0 Å². The third-order valence-electron chi connectivity index (χ3n) is 6.67. The highest BCUT2D eigenvalue weighted by atomic mass is 16.5. The smallest absolute Gasteiger partial charge is 0.264 e. The van der Waals surface area contributed by atoms with E-state index < -0.39 is 6.17 Å². The van der Waals surface area contributed by atoms with Crippen molar-refractivity contribution in [1.82, 2.24) is 15.1 Å². The maximum atomic E-state index is 13.6. The summed E-state index contributed by atoms with van der Waals surface area (Å²) in [5.41, 5.74) is 1.69. The summed E-state index contributed by atoms with van der Waals surface area (Å²) < 4.78 is 10.9. The van der Waals surface area contributed by atoms with E-state index in [9.17, 15) is 19.2 Å². The molecule has 3 aliphatic heterocycles. The summed E-state index contributed by atoms with van der Waals surface area (Å²) in [4.78, 5) is 56.5. The number of para-hydroxylation sites is 1. The number of hydrogen-bond donors (Lipinski definition) is 1. The maximum Gasteiger partial charge on any atom is 0.264 e. The summed E-state index contributed by atoms with van der Waals surface area (Å²) in [5, 5.41) is 2.80. The lowest BCUT2D eigenvalue weighted by molar-refractivity contribution is -0.128. The summed E-state index contributed by atoms with van der Waals surface area (Å²) in [6.45, 7) is 1.16. The minimum Gasteiger partial charge on any atom is -0.493 e. The van der Waals surface area contributed by atoms with Gasteiger partial charge < -0.3 is 24.6 Å². The van der Waals surface area contributed by atoms with Gasteiger partial charge in [-0.1, -0.05) is 18.2 Å². The van der Waals surface area contributed by atoms with Gasteiger partial charge in [-0.2, -0.15) is 0 Å². The first kappa shape index (κ1) is 22.7. The van der Waals surface area contributed by atoms with Crippen LogP contribution in [0.1, 0.15) is 45.3 Å². The summed E-state index contributed by atoms with van der Waals surface area (Å²) in [5.74, 6) is -0.275. The molecule has 1 saturated heterocycles. The van der Waals surface area contributed by atoms with Crippen LogP contribution >= 0.6 is 0 Å². The van der Waals surface area contributed by atoms with Gasteiger partial charge in [-0.15, -0.1) is 0 Å². The van der Waals surface area contributed by atoms with Gasteiger partial charge in [0.15, 0.2) is 11.5 Å². The Labute approximate surface area is 202 Å². The fraction of sp³-hybridized carbons (Fsp3) is 0.360. The zero-order valence-electron chi connectivity index (χ0n) is 19.6. The molecule has 1 N–H and O–H groups in total. The van der Waals surface area contributed by atoms with Gasteiger partial charge in [0.25, 0.3) is 11.8 Å². The van der Waals surface area contributed by atoms with Gasteiger partial charge in [-0.05, 0) is 24.6 Å². The van der Waals surface area contributed by atoms with E-state index in [-0.39, 0.29) is 42.5 Å². The zero-order chi connectivity index (χ0) is 24.7. The summed E-state index contributed by atoms with van der Waals surface area (Å²) in [6, 6.07) is 10.3. The first-order valence-corrected chi connectivity index (χ1v) is 11.5. The number of carbonyl (C=O) groups excluding carboxylic acids is 4. The number of rotatable bonds is 7. The third-order valence-corrected chi connectivity index (χ3v) is 6.67. The first-order chi connectivity index (χ1) is 17.0. The van der Waals surface area contributed by atoms with E-state index in [0.29, 0.717) is 47.6 Å². The van der Waals surface area contributed by atoms with Crippen LogP contribution in [0.5, 0.6) is 11.5 Å². The van der Waals surface area contributed by atoms with Gasteiger partial charge in [0, 0.05) is 31.6 Å². The molecule has 0 aromatic heterocycles. The minimum absolute atomic E-state index is 0.0863. The van der Waals surface area contributed by atoms with Crippen molar-refractivity contribution in [1.29, 1.82) is 0 Å². The van der Waals surface area contributed by atoms with E-state index >= 15 is 0 Å². The summed E-state index contributed by atoms with van der Waals surface area (Å²) in [7, 11) is 2.94. The number of benzene rings is 2. The second kappa shape index (κ2) is 8.94. The van der Waals surface area contributed by atoms with Gasteiger partial charge in [-0.3, -0.25) is 24.1 Å². The highest BCUT2D eigenvalue weighted by Gasteiger charge is 2.50. The molecule has 182 valence electrons. The molecule has 10 heteroatoms. The van der Waals surface area contributed by atoms with Crippen LogP contribution in [0.25, 0.3) is 0 Å². The van der Waals surface area contributed by atoms with Crippen LogP contribution in [-0.2, 0) is 9.59 Å². The molecule has 2 aromatic carbocycles. The number of ether oxygens (including phenoxy) is 2. The molecular weight excluding hydrogens is 452 g/mol. The average molecular weight is 479 g/mol. The summed E-state index contributed by atoms with van der Waals surface area (Å²) >= 11 is 0. The van der Waals surface area contributed by atoms with Gasteiger partial charge in [0.05, 0.1) is 31.0 Å². The molecule has 3 heterocycles. The fourth-order valence-electron chi connectivity index (χ4n) is 5.07. The van der Waals surface area contributed by atoms with Crippen LogP contribution in [0.15, 0.2) is 36.4 Å².